The van der Waals surface area contributed by atoms with E-state index in [4.69, 9.17) is 0 Å². The molecule has 0 amide bonds. The number of nitrogens with one attached hydrogen (secondary N) is 2. The Hall–Kier alpha value is -0.860. The van der Waals surface area contributed by atoms with Gasteiger partial charge in [0.2, 0.25) is 0 Å². The topological polar surface area (TPSA) is 24.1 Å². The van der Waals surface area contributed by atoms with Crippen LogP contribution in [0.1, 0.15) is 35.1 Å². The molecule has 1 atom stereocenters. The van der Waals surface area contributed by atoms with Gasteiger partial charge in [-0.05, 0) is 94.4 Å². The van der Waals surface area contributed by atoms with Crippen molar-refractivity contribution >= 4 is 0 Å². The molecule has 106 valence electrons. The van der Waals surface area contributed by atoms with Gasteiger partial charge in [0.1, 0.15) is 0 Å². The molecule has 0 aliphatic carbocycles. The summed E-state index contributed by atoms with van der Waals surface area (Å²) in [6, 6.07) is 4.67. The van der Waals surface area contributed by atoms with Crippen molar-refractivity contribution in [1.29, 1.82) is 0 Å². The number of hydrogen-bond donors (Lipinski definition) is 2. The minimum absolute atomic E-state index is 0.828. The first kappa shape index (κ1) is 14.5. The third-order valence-electron chi connectivity index (χ3n) is 4.36. The Morgan fingerprint density at radius 3 is 2.68 bits per heavy atom. The number of aryl methyl sites for hydroxylation is 3. The van der Waals surface area contributed by atoms with Gasteiger partial charge in [-0.2, -0.15) is 0 Å². The molecular formula is C17H28N2. The van der Waals surface area contributed by atoms with E-state index in [1.54, 1.807) is 0 Å². The summed E-state index contributed by atoms with van der Waals surface area (Å²) in [6.07, 6.45) is 3.86. The number of rotatable bonds is 5. The second-order valence-electron chi connectivity index (χ2n) is 6.03. The standard InChI is InChI=1S/C17H28N2/c1-13-9-15(3)17(10-14(13)2)6-8-19-12-16-5-4-7-18-11-16/h9-10,16,18-19H,4-8,11-12H2,1-3H3. The second kappa shape index (κ2) is 7.06. The number of benzene rings is 1. The van der Waals surface area contributed by atoms with Crippen molar-refractivity contribution in [3.05, 3.63) is 34.4 Å². The molecule has 0 radical (unpaired) electrons. The van der Waals surface area contributed by atoms with Gasteiger partial charge in [0.15, 0.2) is 0 Å². The van der Waals surface area contributed by atoms with Crippen LogP contribution in [0.25, 0.3) is 0 Å². The monoisotopic (exact) mass is 260 g/mol. The average molecular weight is 260 g/mol. The molecule has 0 spiro atoms. The number of hydrogen-bond acceptors (Lipinski definition) is 2. The lowest BCUT2D eigenvalue weighted by Crippen LogP contribution is -2.36. The zero-order valence-electron chi connectivity index (χ0n) is 12.7. The van der Waals surface area contributed by atoms with Gasteiger partial charge in [-0.15, -0.1) is 0 Å². The predicted molar refractivity (Wildman–Crippen MR) is 82.8 cm³/mol. The highest BCUT2D eigenvalue weighted by molar-refractivity contribution is 5.36. The summed E-state index contributed by atoms with van der Waals surface area (Å²) >= 11 is 0. The molecule has 1 aromatic carbocycles. The van der Waals surface area contributed by atoms with Gasteiger partial charge >= 0.3 is 0 Å². The quantitative estimate of drug-likeness (QED) is 0.796. The van der Waals surface area contributed by atoms with E-state index in [-0.39, 0.29) is 0 Å². The summed E-state index contributed by atoms with van der Waals surface area (Å²) < 4.78 is 0. The van der Waals surface area contributed by atoms with E-state index >= 15 is 0 Å². The van der Waals surface area contributed by atoms with E-state index in [9.17, 15) is 0 Å². The number of piperidine rings is 1. The third kappa shape index (κ3) is 4.32. The summed E-state index contributed by atoms with van der Waals surface area (Å²) in [7, 11) is 0. The summed E-state index contributed by atoms with van der Waals surface area (Å²) in [5, 5.41) is 7.10. The molecule has 19 heavy (non-hydrogen) atoms. The lowest BCUT2D eigenvalue weighted by Gasteiger charge is -2.23. The van der Waals surface area contributed by atoms with Crippen molar-refractivity contribution in [2.75, 3.05) is 26.2 Å². The van der Waals surface area contributed by atoms with Crippen LogP contribution in [0, 0.1) is 26.7 Å². The fourth-order valence-electron chi connectivity index (χ4n) is 2.92. The Labute approximate surface area is 118 Å². The lowest BCUT2D eigenvalue weighted by atomic mass is 9.98. The Balaban J connectivity index is 1.74. The first-order valence-corrected chi connectivity index (χ1v) is 7.65. The minimum Gasteiger partial charge on any atom is -0.316 e. The van der Waals surface area contributed by atoms with Gasteiger partial charge in [-0.3, -0.25) is 0 Å². The third-order valence-corrected chi connectivity index (χ3v) is 4.36. The van der Waals surface area contributed by atoms with Gasteiger partial charge in [0.05, 0.1) is 0 Å². The van der Waals surface area contributed by atoms with Crippen molar-refractivity contribution in [2.24, 2.45) is 5.92 Å². The molecule has 1 aliphatic rings. The first-order chi connectivity index (χ1) is 9.16. The van der Waals surface area contributed by atoms with Gasteiger partial charge < -0.3 is 10.6 Å². The van der Waals surface area contributed by atoms with E-state index in [0.29, 0.717) is 0 Å². The van der Waals surface area contributed by atoms with Crippen molar-refractivity contribution in [2.45, 2.75) is 40.0 Å². The Morgan fingerprint density at radius 2 is 1.95 bits per heavy atom. The summed E-state index contributed by atoms with van der Waals surface area (Å²) in [4.78, 5) is 0. The van der Waals surface area contributed by atoms with Crippen LogP contribution in [-0.4, -0.2) is 26.2 Å². The van der Waals surface area contributed by atoms with Crippen molar-refractivity contribution in [3.8, 4) is 0 Å². The highest BCUT2D eigenvalue weighted by Gasteiger charge is 2.11. The zero-order valence-corrected chi connectivity index (χ0v) is 12.7. The van der Waals surface area contributed by atoms with E-state index in [1.165, 1.54) is 48.2 Å². The van der Waals surface area contributed by atoms with Crippen LogP contribution in [0.3, 0.4) is 0 Å². The molecule has 1 heterocycles. The summed E-state index contributed by atoms with van der Waals surface area (Å²) in [5.74, 6) is 0.828. The van der Waals surface area contributed by atoms with Gasteiger partial charge in [0.25, 0.3) is 0 Å². The van der Waals surface area contributed by atoms with Crippen LogP contribution in [0.15, 0.2) is 12.1 Å². The second-order valence-corrected chi connectivity index (χ2v) is 6.03. The smallest absolute Gasteiger partial charge is 0.000812 e. The summed E-state index contributed by atoms with van der Waals surface area (Å²) in [5.41, 5.74) is 5.75. The lowest BCUT2D eigenvalue weighted by molar-refractivity contribution is 0.361. The Kier molecular flexibility index (Phi) is 5.41. The average Bonchev–Trinajstić information content (AvgIpc) is 2.41. The van der Waals surface area contributed by atoms with Crippen molar-refractivity contribution in [3.63, 3.8) is 0 Å². The normalized spacial score (nSPS) is 19.6. The van der Waals surface area contributed by atoms with Gasteiger partial charge in [-0.1, -0.05) is 12.1 Å². The molecule has 1 aliphatic heterocycles. The molecule has 2 heteroatoms. The molecule has 1 fully saturated rings. The highest BCUT2D eigenvalue weighted by Crippen LogP contribution is 2.15. The van der Waals surface area contributed by atoms with Crippen LogP contribution < -0.4 is 10.6 Å². The molecule has 2 N–H and O–H groups in total. The maximum Gasteiger partial charge on any atom is -0.000812 e. The maximum absolute atomic E-state index is 3.62. The maximum atomic E-state index is 3.62. The minimum atomic E-state index is 0.828. The molecule has 0 bridgehead atoms. The SMILES string of the molecule is Cc1cc(C)c(CCNCC2CCCNC2)cc1C. The van der Waals surface area contributed by atoms with Crippen LogP contribution in [0.4, 0.5) is 0 Å². The van der Waals surface area contributed by atoms with Crippen LogP contribution in [0.5, 0.6) is 0 Å². The summed E-state index contributed by atoms with van der Waals surface area (Å²) in [6.45, 7) is 11.3. The van der Waals surface area contributed by atoms with Gasteiger partial charge in [-0.25, -0.2) is 0 Å². The molecule has 1 unspecified atom stereocenters. The van der Waals surface area contributed by atoms with Crippen LogP contribution >= 0.6 is 0 Å². The molecule has 1 aromatic rings. The molecule has 2 nitrogen and oxygen atoms in total. The fourth-order valence-corrected chi connectivity index (χ4v) is 2.92. The fraction of sp³-hybridized carbons (Fsp3) is 0.647. The van der Waals surface area contributed by atoms with E-state index in [0.717, 1.165) is 25.4 Å². The van der Waals surface area contributed by atoms with Crippen LogP contribution in [-0.2, 0) is 6.42 Å². The van der Waals surface area contributed by atoms with E-state index < -0.39 is 0 Å². The highest BCUT2D eigenvalue weighted by atomic mass is 14.9. The molecule has 0 aromatic heterocycles. The van der Waals surface area contributed by atoms with Crippen molar-refractivity contribution < 1.29 is 0 Å². The molecular weight excluding hydrogens is 232 g/mol. The Bertz CT molecular complexity index is 406. The van der Waals surface area contributed by atoms with Crippen molar-refractivity contribution in [1.82, 2.24) is 10.6 Å². The van der Waals surface area contributed by atoms with Gasteiger partial charge in [0, 0.05) is 0 Å². The molecule has 2 rings (SSSR count). The Morgan fingerprint density at radius 1 is 1.16 bits per heavy atom. The first-order valence-electron chi connectivity index (χ1n) is 7.65. The predicted octanol–water partition coefficient (Wildman–Crippen LogP) is 2.74. The molecule has 1 saturated heterocycles. The largest absolute Gasteiger partial charge is 0.316 e. The van der Waals surface area contributed by atoms with Crippen LogP contribution in [0.2, 0.25) is 0 Å². The zero-order chi connectivity index (χ0) is 13.7. The van der Waals surface area contributed by atoms with E-state index in [2.05, 4.69) is 43.5 Å². The van der Waals surface area contributed by atoms with E-state index in [1.807, 2.05) is 0 Å². The molecule has 0 saturated carbocycles.